The number of aromatic hydroxyl groups is 1. The number of nitrogens with one attached hydrogen (secondary N) is 1. The van der Waals surface area contributed by atoms with E-state index in [0.717, 1.165) is 32.5 Å². The van der Waals surface area contributed by atoms with Crippen molar-refractivity contribution < 1.29 is 9.90 Å². The number of hydrogen-bond donors (Lipinski definition) is 2. The Kier molecular flexibility index (Phi) is 5.43. The third kappa shape index (κ3) is 3.73. The Morgan fingerprint density at radius 3 is 2.75 bits per heavy atom. The number of piperidine rings is 1. The van der Waals surface area contributed by atoms with Gasteiger partial charge in [-0.25, -0.2) is 0 Å². The summed E-state index contributed by atoms with van der Waals surface area (Å²) in [6, 6.07) is 4.98. The minimum Gasteiger partial charge on any atom is -0.507 e. The molecule has 0 aliphatic carbocycles. The predicted octanol–water partition coefficient (Wildman–Crippen LogP) is 2.62. The van der Waals surface area contributed by atoms with Gasteiger partial charge in [0.25, 0.3) is 5.91 Å². The molecule has 0 bridgehead atoms. The fourth-order valence-corrected chi connectivity index (χ4v) is 2.81. The number of hydrogen-bond acceptors (Lipinski definition) is 3. The minimum absolute atomic E-state index is 0.00571. The lowest BCUT2D eigenvalue weighted by molar-refractivity contribution is 0.0726. The van der Waals surface area contributed by atoms with Gasteiger partial charge in [0.05, 0.1) is 4.47 Å². The van der Waals surface area contributed by atoms with Crippen LogP contribution >= 0.6 is 15.9 Å². The second-order valence-corrected chi connectivity index (χ2v) is 6.06. The number of amides is 1. The van der Waals surface area contributed by atoms with Crippen molar-refractivity contribution in [3.63, 3.8) is 0 Å². The van der Waals surface area contributed by atoms with Gasteiger partial charge in [0.15, 0.2) is 0 Å². The Hall–Kier alpha value is -1.07. The Bertz CT molecular complexity index is 473. The van der Waals surface area contributed by atoms with Crippen LogP contribution in [0.1, 0.15) is 30.1 Å². The van der Waals surface area contributed by atoms with Crippen molar-refractivity contribution in [2.75, 3.05) is 26.2 Å². The predicted molar refractivity (Wildman–Crippen MR) is 83.0 cm³/mol. The molecule has 4 nitrogen and oxygen atoms in total. The van der Waals surface area contributed by atoms with Crippen molar-refractivity contribution in [2.45, 2.75) is 19.8 Å². The highest BCUT2D eigenvalue weighted by Gasteiger charge is 2.21. The highest BCUT2D eigenvalue weighted by molar-refractivity contribution is 9.10. The van der Waals surface area contributed by atoms with Crippen LogP contribution in [0.4, 0.5) is 0 Å². The largest absolute Gasteiger partial charge is 0.507 e. The second kappa shape index (κ2) is 7.09. The third-order valence-corrected chi connectivity index (χ3v) is 4.47. The van der Waals surface area contributed by atoms with E-state index in [0.29, 0.717) is 22.5 Å². The number of rotatable bonds is 4. The summed E-state index contributed by atoms with van der Waals surface area (Å²) in [4.78, 5) is 14.4. The third-order valence-electron chi connectivity index (χ3n) is 3.80. The lowest BCUT2D eigenvalue weighted by Crippen LogP contribution is -2.39. The van der Waals surface area contributed by atoms with E-state index in [1.165, 1.54) is 6.07 Å². The van der Waals surface area contributed by atoms with E-state index < -0.39 is 0 Å². The molecule has 2 N–H and O–H groups in total. The Morgan fingerprint density at radius 1 is 1.45 bits per heavy atom. The molecule has 1 saturated heterocycles. The highest BCUT2D eigenvalue weighted by Crippen LogP contribution is 2.25. The van der Waals surface area contributed by atoms with E-state index in [1.54, 1.807) is 12.1 Å². The van der Waals surface area contributed by atoms with Gasteiger partial charge in [-0.3, -0.25) is 4.79 Å². The van der Waals surface area contributed by atoms with Crippen LogP contribution in [0.2, 0.25) is 0 Å². The molecule has 2 rings (SSSR count). The van der Waals surface area contributed by atoms with Gasteiger partial charge in [-0.15, -0.1) is 0 Å². The van der Waals surface area contributed by atoms with Crippen molar-refractivity contribution >= 4 is 21.8 Å². The molecule has 0 spiro atoms. The first-order chi connectivity index (χ1) is 9.61. The van der Waals surface area contributed by atoms with Crippen LogP contribution in [0.25, 0.3) is 0 Å². The summed E-state index contributed by atoms with van der Waals surface area (Å²) in [6.45, 7) is 5.57. The van der Waals surface area contributed by atoms with Gasteiger partial charge in [0, 0.05) is 18.7 Å². The second-order valence-electron chi connectivity index (χ2n) is 5.20. The van der Waals surface area contributed by atoms with Crippen molar-refractivity contribution in [1.29, 1.82) is 0 Å². The standard InChI is InChI=1S/C15H21BrN2O2/c1-2-18(10-11-5-7-17-8-6-11)15(20)12-3-4-13(16)14(19)9-12/h3-4,9,11,17,19H,2,5-8,10H2,1H3. The zero-order chi connectivity index (χ0) is 14.5. The fourth-order valence-electron chi connectivity index (χ4n) is 2.56. The number of carbonyl (C=O) groups is 1. The summed E-state index contributed by atoms with van der Waals surface area (Å²) in [5.41, 5.74) is 0.543. The molecule has 1 heterocycles. The van der Waals surface area contributed by atoms with Crippen LogP contribution in [0.5, 0.6) is 5.75 Å². The summed E-state index contributed by atoms with van der Waals surface area (Å²) in [7, 11) is 0. The van der Waals surface area contributed by atoms with Gasteiger partial charge < -0.3 is 15.3 Å². The van der Waals surface area contributed by atoms with Gasteiger partial charge >= 0.3 is 0 Å². The molecule has 1 fully saturated rings. The molecule has 0 unspecified atom stereocenters. The number of phenols is 1. The molecule has 0 aromatic heterocycles. The van der Waals surface area contributed by atoms with Crippen LogP contribution in [0, 0.1) is 5.92 Å². The van der Waals surface area contributed by atoms with Crippen molar-refractivity contribution in [3.05, 3.63) is 28.2 Å². The van der Waals surface area contributed by atoms with Crippen LogP contribution in [-0.2, 0) is 0 Å². The molecule has 110 valence electrons. The number of phenolic OH excluding ortho intramolecular Hbond substituents is 1. The quantitative estimate of drug-likeness (QED) is 0.885. The molecule has 5 heteroatoms. The maximum Gasteiger partial charge on any atom is 0.253 e. The zero-order valence-electron chi connectivity index (χ0n) is 11.7. The summed E-state index contributed by atoms with van der Waals surface area (Å²) in [6.07, 6.45) is 2.24. The summed E-state index contributed by atoms with van der Waals surface area (Å²) in [5.74, 6) is 0.673. The van der Waals surface area contributed by atoms with Crippen LogP contribution in [0.3, 0.4) is 0 Å². The number of carbonyl (C=O) groups excluding carboxylic acids is 1. The average Bonchev–Trinajstić information content (AvgIpc) is 2.48. The first-order valence-corrected chi connectivity index (χ1v) is 7.89. The van der Waals surface area contributed by atoms with Gasteiger partial charge in [-0.05, 0) is 72.9 Å². The molecule has 1 aliphatic heterocycles. The smallest absolute Gasteiger partial charge is 0.253 e. The average molecular weight is 341 g/mol. The molecule has 0 atom stereocenters. The van der Waals surface area contributed by atoms with Crippen molar-refractivity contribution in [3.8, 4) is 5.75 Å². The summed E-state index contributed by atoms with van der Waals surface area (Å²) in [5, 5.41) is 13.0. The SMILES string of the molecule is CCN(CC1CCNCC1)C(=O)c1ccc(Br)c(O)c1. The van der Waals surface area contributed by atoms with E-state index in [-0.39, 0.29) is 11.7 Å². The van der Waals surface area contributed by atoms with Crippen molar-refractivity contribution in [2.24, 2.45) is 5.92 Å². The van der Waals surface area contributed by atoms with E-state index >= 15 is 0 Å². The van der Waals surface area contributed by atoms with E-state index in [2.05, 4.69) is 21.2 Å². The lowest BCUT2D eigenvalue weighted by atomic mass is 9.97. The highest BCUT2D eigenvalue weighted by atomic mass is 79.9. The monoisotopic (exact) mass is 340 g/mol. The topological polar surface area (TPSA) is 52.6 Å². The van der Waals surface area contributed by atoms with Crippen LogP contribution in [-0.4, -0.2) is 42.1 Å². The van der Waals surface area contributed by atoms with Crippen molar-refractivity contribution in [1.82, 2.24) is 10.2 Å². The molecule has 0 radical (unpaired) electrons. The Morgan fingerprint density at radius 2 is 2.15 bits per heavy atom. The van der Waals surface area contributed by atoms with E-state index in [1.807, 2.05) is 11.8 Å². The molecular formula is C15H21BrN2O2. The first kappa shape index (κ1) is 15.3. The number of nitrogens with zero attached hydrogens (tertiary/aromatic N) is 1. The van der Waals surface area contributed by atoms with Gasteiger partial charge in [-0.2, -0.15) is 0 Å². The summed E-state index contributed by atoms with van der Waals surface area (Å²) >= 11 is 3.23. The zero-order valence-corrected chi connectivity index (χ0v) is 13.3. The molecule has 1 aromatic carbocycles. The molecular weight excluding hydrogens is 320 g/mol. The normalized spacial score (nSPS) is 16.1. The van der Waals surface area contributed by atoms with Gasteiger partial charge in [0.2, 0.25) is 0 Å². The number of benzene rings is 1. The Balaban J connectivity index is 2.05. The molecule has 20 heavy (non-hydrogen) atoms. The lowest BCUT2D eigenvalue weighted by Gasteiger charge is -2.29. The number of halogens is 1. The molecule has 0 saturated carbocycles. The fraction of sp³-hybridized carbons (Fsp3) is 0.533. The molecule has 1 aromatic rings. The van der Waals surface area contributed by atoms with Gasteiger partial charge in [0.1, 0.15) is 5.75 Å². The van der Waals surface area contributed by atoms with Gasteiger partial charge in [-0.1, -0.05) is 0 Å². The Labute approximate surface area is 128 Å². The van der Waals surface area contributed by atoms with Crippen LogP contribution in [0.15, 0.2) is 22.7 Å². The molecule has 1 aliphatic rings. The van der Waals surface area contributed by atoms with E-state index in [9.17, 15) is 9.90 Å². The maximum absolute atomic E-state index is 12.5. The maximum atomic E-state index is 12.5. The first-order valence-electron chi connectivity index (χ1n) is 7.10. The van der Waals surface area contributed by atoms with Crippen LogP contribution < -0.4 is 5.32 Å². The summed E-state index contributed by atoms with van der Waals surface area (Å²) < 4.78 is 0.607. The minimum atomic E-state index is -0.00571. The van der Waals surface area contributed by atoms with E-state index in [4.69, 9.17) is 0 Å². The molecule has 1 amide bonds.